The maximum atomic E-state index is 12.1. The lowest BCUT2D eigenvalue weighted by Gasteiger charge is -2.22. The molecule has 1 fully saturated rings. The largest absolute Gasteiger partial charge is 0.335 e. The van der Waals surface area contributed by atoms with E-state index in [9.17, 15) is 4.79 Å². The number of benzene rings is 1. The number of hydrogen-bond donors (Lipinski definition) is 2. The fourth-order valence-electron chi connectivity index (χ4n) is 2.91. The van der Waals surface area contributed by atoms with Crippen molar-refractivity contribution in [3.8, 4) is 0 Å². The molecule has 0 unspecified atom stereocenters. The Hall–Kier alpha value is -2.01. The van der Waals surface area contributed by atoms with Crippen LogP contribution < -0.4 is 10.6 Å². The van der Waals surface area contributed by atoms with Gasteiger partial charge in [-0.15, -0.1) is 0 Å². The van der Waals surface area contributed by atoms with Crippen LogP contribution in [0.25, 0.3) is 0 Å². The first-order chi connectivity index (χ1) is 11.2. The summed E-state index contributed by atoms with van der Waals surface area (Å²) in [5.41, 5.74) is 1.13. The Morgan fingerprint density at radius 2 is 1.96 bits per heavy atom. The van der Waals surface area contributed by atoms with E-state index in [4.69, 9.17) is 11.6 Å². The van der Waals surface area contributed by atoms with E-state index in [1.165, 1.54) is 19.3 Å². The standard InChI is InChI=1S/C17H21ClN4O/c18-15-12-22(11-13-7-3-1-4-8-13)21-16(15)20-17(23)19-14-9-5-2-6-10-14/h1,3-4,7-8,12,14H,2,5-6,9-11H2,(H2,19,20,21,23). The molecule has 0 radical (unpaired) electrons. The average molecular weight is 333 g/mol. The topological polar surface area (TPSA) is 59.0 Å². The Morgan fingerprint density at radius 1 is 1.22 bits per heavy atom. The van der Waals surface area contributed by atoms with E-state index >= 15 is 0 Å². The van der Waals surface area contributed by atoms with Gasteiger partial charge < -0.3 is 5.32 Å². The molecule has 23 heavy (non-hydrogen) atoms. The fourth-order valence-corrected chi connectivity index (χ4v) is 3.11. The first-order valence-electron chi connectivity index (χ1n) is 8.05. The molecule has 0 atom stereocenters. The van der Waals surface area contributed by atoms with Crippen LogP contribution in [0.1, 0.15) is 37.7 Å². The second-order valence-corrected chi connectivity index (χ2v) is 6.35. The lowest BCUT2D eigenvalue weighted by Crippen LogP contribution is -2.39. The number of nitrogens with one attached hydrogen (secondary N) is 2. The highest BCUT2D eigenvalue weighted by molar-refractivity contribution is 6.33. The molecule has 2 amide bonds. The summed E-state index contributed by atoms with van der Waals surface area (Å²) in [6.45, 7) is 0.618. The van der Waals surface area contributed by atoms with Gasteiger partial charge in [-0.2, -0.15) is 5.10 Å². The number of nitrogens with zero attached hydrogens (tertiary/aromatic N) is 2. The number of halogens is 1. The number of anilines is 1. The minimum absolute atomic E-state index is 0.233. The monoisotopic (exact) mass is 332 g/mol. The average Bonchev–Trinajstić information content (AvgIpc) is 2.88. The Kier molecular flexibility index (Phi) is 5.18. The smallest absolute Gasteiger partial charge is 0.320 e. The van der Waals surface area contributed by atoms with E-state index < -0.39 is 0 Å². The molecule has 0 bridgehead atoms. The Balaban J connectivity index is 1.58. The molecule has 0 saturated heterocycles. The van der Waals surface area contributed by atoms with Crippen molar-refractivity contribution in [2.75, 3.05) is 5.32 Å². The summed E-state index contributed by atoms with van der Waals surface area (Å²) in [7, 11) is 0. The minimum atomic E-state index is -0.233. The molecule has 0 spiro atoms. The number of carbonyl (C=O) groups excluding carboxylic acids is 1. The first-order valence-corrected chi connectivity index (χ1v) is 8.43. The quantitative estimate of drug-likeness (QED) is 0.887. The zero-order chi connectivity index (χ0) is 16.1. The summed E-state index contributed by atoms with van der Waals surface area (Å²) in [5, 5.41) is 10.5. The van der Waals surface area contributed by atoms with Crippen LogP contribution in [0, 0.1) is 0 Å². The zero-order valence-corrected chi connectivity index (χ0v) is 13.7. The van der Waals surface area contributed by atoms with Crippen molar-refractivity contribution in [3.05, 3.63) is 47.1 Å². The normalized spacial score (nSPS) is 15.3. The molecule has 1 aromatic carbocycles. The van der Waals surface area contributed by atoms with E-state index in [-0.39, 0.29) is 12.1 Å². The second-order valence-electron chi connectivity index (χ2n) is 5.94. The van der Waals surface area contributed by atoms with E-state index in [0.29, 0.717) is 17.4 Å². The molecule has 122 valence electrons. The number of urea groups is 1. The summed E-state index contributed by atoms with van der Waals surface area (Å²) in [5.74, 6) is 0.399. The molecular weight excluding hydrogens is 312 g/mol. The van der Waals surface area contributed by atoms with Gasteiger partial charge in [0.15, 0.2) is 5.82 Å². The highest BCUT2D eigenvalue weighted by atomic mass is 35.5. The third-order valence-electron chi connectivity index (χ3n) is 4.08. The predicted octanol–water partition coefficient (Wildman–Crippen LogP) is 4.04. The molecule has 1 heterocycles. The molecule has 2 aromatic rings. The number of hydrogen-bond acceptors (Lipinski definition) is 2. The Morgan fingerprint density at radius 3 is 2.70 bits per heavy atom. The molecule has 2 N–H and O–H groups in total. The van der Waals surface area contributed by atoms with Gasteiger partial charge in [0, 0.05) is 12.2 Å². The van der Waals surface area contributed by atoms with Gasteiger partial charge in [0.25, 0.3) is 0 Å². The van der Waals surface area contributed by atoms with Crippen LogP contribution in [0.2, 0.25) is 5.02 Å². The van der Waals surface area contributed by atoms with Gasteiger partial charge in [0.2, 0.25) is 0 Å². The maximum absolute atomic E-state index is 12.1. The minimum Gasteiger partial charge on any atom is -0.335 e. The number of rotatable bonds is 4. The lowest BCUT2D eigenvalue weighted by molar-refractivity contribution is 0.244. The van der Waals surface area contributed by atoms with Crippen LogP contribution in [-0.4, -0.2) is 21.9 Å². The van der Waals surface area contributed by atoms with Crippen molar-refractivity contribution in [1.29, 1.82) is 0 Å². The molecular formula is C17H21ClN4O. The molecule has 6 heteroatoms. The van der Waals surface area contributed by atoms with Crippen LogP contribution >= 0.6 is 11.6 Å². The highest BCUT2D eigenvalue weighted by Gasteiger charge is 2.17. The summed E-state index contributed by atoms with van der Waals surface area (Å²) in [4.78, 5) is 12.1. The van der Waals surface area contributed by atoms with Gasteiger partial charge in [0.1, 0.15) is 5.02 Å². The molecule has 1 aliphatic carbocycles. The second kappa shape index (κ2) is 7.51. The van der Waals surface area contributed by atoms with Gasteiger partial charge in [-0.1, -0.05) is 61.2 Å². The van der Waals surface area contributed by atoms with Crippen molar-refractivity contribution in [3.63, 3.8) is 0 Å². The molecule has 3 rings (SSSR count). The molecule has 0 aliphatic heterocycles. The Bertz CT molecular complexity index is 650. The Labute approximate surface area is 141 Å². The van der Waals surface area contributed by atoms with Gasteiger partial charge in [0.05, 0.1) is 6.54 Å². The van der Waals surface area contributed by atoms with Crippen molar-refractivity contribution in [2.45, 2.75) is 44.7 Å². The third-order valence-corrected chi connectivity index (χ3v) is 4.35. The van der Waals surface area contributed by atoms with Gasteiger partial charge in [-0.3, -0.25) is 10.00 Å². The molecule has 5 nitrogen and oxygen atoms in total. The summed E-state index contributed by atoms with van der Waals surface area (Å²) in [6, 6.07) is 10.0. The van der Waals surface area contributed by atoms with Crippen molar-refractivity contribution in [1.82, 2.24) is 15.1 Å². The summed E-state index contributed by atoms with van der Waals surface area (Å²) in [6.07, 6.45) is 7.43. The molecule has 1 aromatic heterocycles. The summed E-state index contributed by atoms with van der Waals surface area (Å²) >= 11 is 6.17. The molecule has 1 aliphatic rings. The zero-order valence-electron chi connectivity index (χ0n) is 13.0. The maximum Gasteiger partial charge on any atom is 0.320 e. The van der Waals surface area contributed by atoms with E-state index in [1.807, 2.05) is 30.3 Å². The van der Waals surface area contributed by atoms with Crippen LogP contribution in [0.5, 0.6) is 0 Å². The van der Waals surface area contributed by atoms with E-state index in [2.05, 4.69) is 15.7 Å². The molecule has 1 saturated carbocycles. The van der Waals surface area contributed by atoms with Crippen molar-refractivity contribution < 1.29 is 4.79 Å². The van der Waals surface area contributed by atoms with Gasteiger partial charge >= 0.3 is 6.03 Å². The van der Waals surface area contributed by atoms with Crippen LogP contribution in [-0.2, 0) is 6.54 Å². The number of carbonyl (C=O) groups is 1. The SMILES string of the molecule is O=C(Nc1nn(Cc2ccccc2)cc1Cl)NC1CCCCC1. The van der Waals surface area contributed by atoms with Crippen LogP contribution in [0.4, 0.5) is 10.6 Å². The third kappa shape index (κ3) is 4.48. The van der Waals surface area contributed by atoms with Crippen molar-refractivity contribution in [2.24, 2.45) is 0 Å². The van der Waals surface area contributed by atoms with Crippen molar-refractivity contribution >= 4 is 23.4 Å². The number of aromatic nitrogens is 2. The number of amides is 2. The van der Waals surface area contributed by atoms with E-state index in [0.717, 1.165) is 18.4 Å². The van der Waals surface area contributed by atoms with E-state index in [1.54, 1.807) is 10.9 Å². The van der Waals surface area contributed by atoms with Crippen LogP contribution in [0.3, 0.4) is 0 Å². The summed E-state index contributed by atoms with van der Waals surface area (Å²) < 4.78 is 1.73. The fraction of sp³-hybridized carbons (Fsp3) is 0.412. The van der Waals surface area contributed by atoms with Crippen LogP contribution in [0.15, 0.2) is 36.5 Å². The predicted molar refractivity (Wildman–Crippen MR) is 91.8 cm³/mol. The highest BCUT2D eigenvalue weighted by Crippen LogP contribution is 2.21. The lowest BCUT2D eigenvalue weighted by atomic mass is 9.96. The first kappa shape index (κ1) is 15.9. The van der Waals surface area contributed by atoms with Gasteiger partial charge in [-0.25, -0.2) is 4.79 Å². The van der Waals surface area contributed by atoms with Gasteiger partial charge in [-0.05, 0) is 18.4 Å².